The van der Waals surface area contributed by atoms with Crippen molar-refractivity contribution < 1.29 is 0 Å². The molecule has 2 atom stereocenters. The zero-order valence-corrected chi connectivity index (χ0v) is 9.25. The predicted molar refractivity (Wildman–Crippen MR) is 56.3 cm³/mol. The second kappa shape index (κ2) is 5.08. The first kappa shape index (κ1) is 11.4. The van der Waals surface area contributed by atoms with Crippen LogP contribution in [0.4, 0.5) is 0 Å². The fourth-order valence-electron chi connectivity index (χ4n) is 1.64. The van der Waals surface area contributed by atoms with Crippen LogP contribution in [0.1, 0.15) is 47.0 Å². The lowest BCUT2D eigenvalue weighted by atomic mass is 9.83. The molecule has 68 valence electrons. The van der Waals surface area contributed by atoms with Crippen molar-refractivity contribution in [2.75, 3.05) is 5.75 Å². The SMILES string of the molecule is CC.CC1CCCC1(C)CS. The molecule has 0 aromatic rings. The summed E-state index contributed by atoms with van der Waals surface area (Å²) >= 11 is 4.36. The third kappa shape index (κ3) is 2.70. The molecule has 0 radical (unpaired) electrons. The smallest absolute Gasteiger partial charge is 0.00413 e. The Bertz CT molecular complexity index is 101. The molecule has 0 N–H and O–H groups in total. The van der Waals surface area contributed by atoms with Gasteiger partial charge in [-0.1, -0.05) is 40.5 Å². The summed E-state index contributed by atoms with van der Waals surface area (Å²) in [6.07, 6.45) is 4.22. The van der Waals surface area contributed by atoms with E-state index in [9.17, 15) is 0 Å². The van der Waals surface area contributed by atoms with Gasteiger partial charge in [0.15, 0.2) is 0 Å². The van der Waals surface area contributed by atoms with Gasteiger partial charge in [-0.2, -0.15) is 12.6 Å². The van der Waals surface area contributed by atoms with Crippen molar-refractivity contribution in [3.8, 4) is 0 Å². The average Bonchev–Trinajstić information content (AvgIpc) is 2.38. The van der Waals surface area contributed by atoms with Crippen LogP contribution in [0.25, 0.3) is 0 Å². The number of rotatable bonds is 1. The van der Waals surface area contributed by atoms with Crippen molar-refractivity contribution in [2.24, 2.45) is 11.3 Å². The van der Waals surface area contributed by atoms with Gasteiger partial charge in [0.25, 0.3) is 0 Å². The number of hydrogen-bond acceptors (Lipinski definition) is 1. The summed E-state index contributed by atoms with van der Waals surface area (Å²) in [5, 5.41) is 0. The van der Waals surface area contributed by atoms with Gasteiger partial charge in [0.2, 0.25) is 0 Å². The summed E-state index contributed by atoms with van der Waals surface area (Å²) in [6.45, 7) is 8.71. The quantitative estimate of drug-likeness (QED) is 0.575. The van der Waals surface area contributed by atoms with Gasteiger partial charge in [0, 0.05) is 0 Å². The Hall–Kier alpha value is 0.350. The summed E-state index contributed by atoms with van der Waals surface area (Å²) < 4.78 is 0. The van der Waals surface area contributed by atoms with Crippen LogP contribution >= 0.6 is 12.6 Å². The van der Waals surface area contributed by atoms with E-state index in [-0.39, 0.29) is 0 Å². The van der Waals surface area contributed by atoms with Crippen molar-refractivity contribution >= 4 is 12.6 Å². The van der Waals surface area contributed by atoms with Gasteiger partial charge in [-0.3, -0.25) is 0 Å². The van der Waals surface area contributed by atoms with E-state index in [1.54, 1.807) is 0 Å². The minimum absolute atomic E-state index is 0.559. The lowest BCUT2D eigenvalue weighted by molar-refractivity contribution is 0.290. The van der Waals surface area contributed by atoms with Crippen molar-refractivity contribution in [2.45, 2.75) is 47.0 Å². The molecule has 1 aliphatic rings. The number of hydrogen-bond donors (Lipinski definition) is 1. The molecule has 0 saturated heterocycles. The monoisotopic (exact) mass is 174 g/mol. The van der Waals surface area contributed by atoms with E-state index in [4.69, 9.17) is 0 Å². The predicted octanol–water partition coefficient (Wildman–Crippen LogP) is 3.77. The molecular formula is C10H22S. The van der Waals surface area contributed by atoms with E-state index < -0.39 is 0 Å². The minimum atomic E-state index is 0.559. The summed E-state index contributed by atoms with van der Waals surface area (Å²) in [7, 11) is 0. The van der Waals surface area contributed by atoms with Crippen LogP contribution in [0.15, 0.2) is 0 Å². The van der Waals surface area contributed by atoms with Crippen molar-refractivity contribution in [1.82, 2.24) is 0 Å². The summed E-state index contributed by atoms with van der Waals surface area (Å²) in [5.41, 5.74) is 0.559. The summed E-state index contributed by atoms with van der Waals surface area (Å²) in [6, 6.07) is 0. The topological polar surface area (TPSA) is 0 Å². The summed E-state index contributed by atoms with van der Waals surface area (Å²) in [5.74, 6) is 1.96. The van der Waals surface area contributed by atoms with Crippen molar-refractivity contribution in [3.63, 3.8) is 0 Å². The van der Waals surface area contributed by atoms with E-state index >= 15 is 0 Å². The largest absolute Gasteiger partial charge is 0.179 e. The molecule has 0 nitrogen and oxygen atoms in total. The first-order valence-electron chi connectivity index (χ1n) is 4.80. The Morgan fingerprint density at radius 3 is 2.18 bits per heavy atom. The van der Waals surface area contributed by atoms with Crippen LogP contribution in [0.5, 0.6) is 0 Å². The van der Waals surface area contributed by atoms with Gasteiger partial charge in [-0.15, -0.1) is 0 Å². The van der Waals surface area contributed by atoms with Crippen LogP contribution < -0.4 is 0 Å². The van der Waals surface area contributed by atoms with Crippen LogP contribution in [0, 0.1) is 11.3 Å². The van der Waals surface area contributed by atoms with Crippen molar-refractivity contribution in [1.29, 1.82) is 0 Å². The Kier molecular flexibility index (Phi) is 5.24. The number of thiol groups is 1. The highest BCUT2D eigenvalue weighted by Crippen LogP contribution is 2.43. The molecule has 11 heavy (non-hydrogen) atoms. The third-order valence-electron chi connectivity index (χ3n) is 2.94. The van der Waals surface area contributed by atoms with Gasteiger partial charge in [0.05, 0.1) is 0 Å². The Labute approximate surface area is 77.2 Å². The van der Waals surface area contributed by atoms with Gasteiger partial charge >= 0.3 is 0 Å². The van der Waals surface area contributed by atoms with E-state index in [2.05, 4.69) is 26.5 Å². The minimum Gasteiger partial charge on any atom is -0.179 e. The molecule has 0 spiro atoms. The highest BCUT2D eigenvalue weighted by atomic mass is 32.1. The van der Waals surface area contributed by atoms with Crippen LogP contribution in [-0.4, -0.2) is 5.75 Å². The van der Waals surface area contributed by atoms with Gasteiger partial charge in [0.1, 0.15) is 0 Å². The Morgan fingerprint density at radius 1 is 1.45 bits per heavy atom. The highest BCUT2D eigenvalue weighted by Gasteiger charge is 2.33. The Morgan fingerprint density at radius 2 is 2.00 bits per heavy atom. The van der Waals surface area contributed by atoms with Crippen LogP contribution in [0.2, 0.25) is 0 Å². The maximum absolute atomic E-state index is 4.36. The highest BCUT2D eigenvalue weighted by molar-refractivity contribution is 7.80. The molecule has 0 aromatic heterocycles. The van der Waals surface area contributed by atoms with E-state index in [0.29, 0.717) is 5.41 Å². The molecule has 0 aromatic carbocycles. The molecule has 1 aliphatic carbocycles. The molecule has 0 heterocycles. The molecule has 0 aliphatic heterocycles. The van der Waals surface area contributed by atoms with Crippen LogP contribution in [-0.2, 0) is 0 Å². The molecular weight excluding hydrogens is 152 g/mol. The molecule has 0 amide bonds. The standard InChI is InChI=1S/C8H16S.C2H6/c1-7-4-3-5-8(7,2)6-9;1-2/h7,9H,3-6H2,1-2H3;1-2H3. The zero-order chi connectivity index (χ0) is 8.91. The molecule has 2 unspecified atom stereocenters. The fourth-order valence-corrected chi connectivity index (χ4v) is 2.11. The van der Waals surface area contributed by atoms with Gasteiger partial charge in [-0.25, -0.2) is 0 Å². The van der Waals surface area contributed by atoms with E-state index in [1.807, 2.05) is 13.8 Å². The van der Waals surface area contributed by atoms with E-state index in [1.165, 1.54) is 19.3 Å². The van der Waals surface area contributed by atoms with Gasteiger partial charge in [-0.05, 0) is 23.5 Å². The fraction of sp³-hybridized carbons (Fsp3) is 1.00. The maximum atomic E-state index is 4.36. The first-order chi connectivity index (χ1) is 5.19. The lowest BCUT2D eigenvalue weighted by Gasteiger charge is -2.26. The first-order valence-corrected chi connectivity index (χ1v) is 5.43. The maximum Gasteiger partial charge on any atom is -0.00413 e. The normalized spacial score (nSPS) is 36.3. The molecule has 1 saturated carbocycles. The molecule has 1 fully saturated rings. The average molecular weight is 174 g/mol. The zero-order valence-electron chi connectivity index (χ0n) is 8.35. The van der Waals surface area contributed by atoms with Crippen LogP contribution in [0.3, 0.4) is 0 Å². The van der Waals surface area contributed by atoms with Gasteiger partial charge < -0.3 is 0 Å². The lowest BCUT2D eigenvalue weighted by Crippen LogP contribution is -2.20. The molecule has 1 heteroatoms. The van der Waals surface area contributed by atoms with E-state index in [0.717, 1.165) is 11.7 Å². The third-order valence-corrected chi connectivity index (χ3v) is 3.66. The second-order valence-electron chi connectivity index (χ2n) is 3.61. The van der Waals surface area contributed by atoms with Crippen molar-refractivity contribution in [3.05, 3.63) is 0 Å². The summed E-state index contributed by atoms with van der Waals surface area (Å²) in [4.78, 5) is 0. The molecule has 0 bridgehead atoms. The molecule has 1 rings (SSSR count). The Balaban J connectivity index is 0.000000461. The second-order valence-corrected chi connectivity index (χ2v) is 3.92.